The Bertz CT molecular complexity index is 1140. The number of rotatable bonds is 7. The van der Waals surface area contributed by atoms with Crippen LogP contribution in [0, 0.1) is 5.82 Å². The highest BCUT2D eigenvalue weighted by Gasteiger charge is 2.35. The van der Waals surface area contributed by atoms with Gasteiger partial charge >= 0.3 is 0 Å². The van der Waals surface area contributed by atoms with E-state index in [1.54, 1.807) is 6.07 Å². The third-order valence-corrected chi connectivity index (χ3v) is 5.83. The lowest BCUT2D eigenvalue weighted by molar-refractivity contribution is -0.118. The Balaban J connectivity index is 1.80. The van der Waals surface area contributed by atoms with Crippen LogP contribution in [0.4, 0.5) is 10.1 Å². The average molecular weight is 469 g/mol. The summed E-state index contributed by atoms with van der Waals surface area (Å²) in [6, 6.07) is 11.6. The van der Waals surface area contributed by atoms with Crippen LogP contribution in [0.2, 0.25) is 0 Å². The quantitative estimate of drug-likeness (QED) is 0.339. The molecule has 172 valence electrons. The first-order valence-electron chi connectivity index (χ1n) is 10.9. The lowest BCUT2D eigenvalue weighted by Gasteiger charge is -2.30. The van der Waals surface area contributed by atoms with Gasteiger partial charge in [0.2, 0.25) is 23.2 Å². The molecule has 0 saturated heterocycles. The molecule has 2 heterocycles. The van der Waals surface area contributed by atoms with Gasteiger partial charge < -0.3 is 9.47 Å². The van der Waals surface area contributed by atoms with Gasteiger partial charge in [-0.05, 0) is 54.6 Å². The van der Waals surface area contributed by atoms with Crippen LogP contribution in [0.15, 0.2) is 47.6 Å². The fourth-order valence-electron chi connectivity index (χ4n) is 3.55. The normalized spacial score (nSPS) is 14.7. The largest absolute Gasteiger partial charge is 0.494 e. The van der Waals surface area contributed by atoms with Crippen molar-refractivity contribution in [2.24, 2.45) is 0 Å². The summed E-state index contributed by atoms with van der Waals surface area (Å²) in [6.45, 7) is 6.17. The van der Waals surface area contributed by atoms with E-state index in [4.69, 9.17) is 9.47 Å². The van der Waals surface area contributed by atoms with Gasteiger partial charge in [0.25, 0.3) is 0 Å². The maximum absolute atomic E-state index is 14.2. The standard InChI is InChI=1S/C24H25FN4O3S/c1-4-6-13-31-18-10-7-16(8-11-18)23-29(15(3)30)20-12-9-17(25)14-19(20)21-22(32-23)26-24(28-27-21)33-5-2/h7-12,14,23H,4-6,13H2,1-3H3/t23-/m0/s1. The first-order valence-corrected chi connectivity index (χ1v) is 11.9. The van der Waals surface area contributed by atoms with Crippen molar-refractivity contribution in [3.8, 4) is 22.9 Å². The highest BCUT2D eigenvalue weighted by molar-refractivity contribution is 7.99. The second kappa shape index (κ2) is 10.2. The summed E-state index contributed by atoms with van der Waals surface area (Å²) in [5.41, 5.74) is 1.89. The predicted molar refractivity (Wildman–Crippen MR) is 125 cm³/mol. The molecule has 1 aromatic heterocycles. The number of halogens is 1. The summed E-state index contributed by atoms with van der Waals surface area (Å²) in [5.74, 6) is 0.978. The van der Waals surface area contributed by atoms with Crippen molar-refractivity contribution >= 4 is 23.4 Å². The molecule has 4 rings (SSSR count). The van der Waals surface area contributed by atoms with E-state index in [0.29, 0.717) is 28.7 Å². The van der Waals surface area contributed by atoms with Crippen molar-refractivity contribution in [3.05, 3.63) is 53.8 Å². The molecule has 9 heteroatoms. The number of hydrogen-bond acceptors (Lipinski definition) is 7. The number of nitrogens with zero attached hydrogens (tertiary/aromatic N) is 4. The SMILES string of the molecule is CCCCOc1ccc([C@@H]2Oc3nc(SCC)nnc3-c3cc(F)ccc3N2C(C)=O)cc1. The van der Waals surface area contributed by atoms with E-state index in [9.17, 15) is 9.18 Å². The van der Waals surface area contributed by atoms with Gasteiger partial charge in [-0.3, -0.25) is 9.69 Å². The average Bonchev–Trinajstić information content (AvgIpc) is 2.94. The van der Waals surface area contributed by atoms with Crippen LogP contribution >= 0.6 is 11.8 Å². The summed E-state index contributed by atoms with van der Waals surface area (Å²) >= 11 is 1.42. The van der Waals surface area contributed by atoms with Crippen molar-refractivity contribution < 1.29 is 18.7 Å². The number of benzene rings is 2. The molecule has 0 aliphatic carbocycles. The number of anilines is 1. The Morgan fingerprint density at radius 3 is 2.67 bits per heavy atom. The molecule has 0 unspecified atom stereocenters. The van der Waals surface area contributed by atoms with Crippen LogP contribution in [-0.2, 0) is 4.79 Å². The van der Waals surface area contributed by atoms with E-state index in [2.05, 4.69) is 22.1 Å². The zero-order valence-corrected chi connectivity index (χ0v) is 19.6. The number of aromatic nitrogens is 3. The number of carbonyl (C=O) groups excluding carboxylic acids is 1. The van der Waals surface area contributed by atoms with E-state index in [1.165, 1.54) is 35.7 Å². The number of carbonyl (C=O) groups is 1. The molecule has 0 radical (unpaired) electrons. The fourth-order valence-corrected chi connectivity index (χ4v) is 4.05. The van der Waals surface area contributed by atoms with Gasteiger partial charge in [0.05, 0.1) is 12.3 Å². The molecule has 0 saturated carbocycles. The Labute approximate surface area is 196 Å². The molecule has 0 spiro atoms. The smallest absolute Gasteiger partial charge is 0.247 e. The van der Waals surface area contributed by atoms with Crippen LogP contribution in [0.25, 0.3) is 11.3 Å². The van der Waals surface area contributed by atoms with Crippen molar-refractivity contribution in [2.45, 2.75) is 45.0 Å². The third-order valence-electron chi connectivity index (χ3n) is 5.11. The highest BCUT2D eigenvalue weighted by atomic mass is 32.2. The molecule has 33 heavy (non-hydrogen) atoms. The van der Waals surface area contributed by atoms with Gasteiger partial charge in [0, 0.05) is 18.1 Å². The summed E-state index contributed by atoms with van der Waals surface area (Å²) in [5, 5.41) is 8.87. The van der Waals surface area contributed by atoms with Gasteiger partial charge in [-0.25, -0.2) is 4.39 Å². The first kappa shape index (κ1) is 23.0. The number of unbranched alkanes of at least 4 members (excludes halogenated alkanes) is 1. The van der Waals surface area contributed by atoms with Crippen LogP contribution in [-0.4, -0.2) is 33.4 Å². The molecular weight excluding hydrogens is 443 g/mol. The monoisotopic (exact) mass is 468 g/mol. The Morgan fingerprint density at radius 2 is 1.97 bits per heavy atom. The third kappa shape index (κ3) is 4.93. The van der Waals surface area contributed by atoms with Gasteiger partial charge in [0.1, 0.15) is 11.6 Å². The zero-order valence-electron chi connectivity index (χ0n) is 18.7. The lowest BCUT2D eigenvalue weighted by atomic mass is 10.1. The number of fused-ring (bicyclic) bond motifs is 3. The van der Waals surface area contributed by atoms with Crippen molar-refractivity contribution in [2.75, 3.05) is 17.3 Å². The van der Waals surface area contributed by atoms with Gasteiger partial charge in [-0.15, -0.1) is 10.2 Å². The van der Waals surface area contributed by atoms with Crippen molar-refractivity contribution in [1.29, 1.82) is 0 Å². The number of ether oxygens (including phenoxy) is 2. The minimum absolute atomic E-state index is 0.199. The molecule has 1 aliphatic rings. The van der Waals surface area contributed by atoms with Gasteiger partial charge in [-0.2, -0.15) is 4.98 Å². The summed E-state index contributed by atoms with van der Waals surface area (Å²) in [4.78, 5) is 18.8. The first-order chi connectivity index (χ1) is 16.0. The maximum Gasteiger partial charge on any atom is 0.247 e. The van der Waals surface area contributed by atoms with E-state index in [1.807, 2.05) is 31.2 Å². The van der Waals surface area contributed by atoms with Crippen LogP contribution < -0.4 is 14.4 Å². The van der Waals surface area contributed by atoms with E-state index >= 15 is 0 Å². The highest BCUT2D eigenvalue weighted by Crippen LogP contribution is 2.43. The lowest BCUT2D eigenvalue weighted by Crippen LogP contribution is -2.36. The molecule has 7 nitrogen and oxygen atoms in total. The predicted octanol–water partition coefficient (Wildman–Crippen LogP) is 5.41. The fraction of sp³-hybridized carbons (Fsp3) is 0.333. The Kier molecular flexibility index (Phi) is 7.08. The van der Waals surface area contributed by atoms with E-state index in [0.717, 1.165) is 29.9 Å². The van der Waals surface area contributed by atoms with Crippen molar-refractivity contribution in [1.82, 2.24) is 15.2 Å². The molecule has 0 bridgehead atoms. The molecule has 3 aromatic rings. The van der Waals surface area contributed by atoms with Crippen LogP contribution in [0.3, 0.4) is 0 Å². The Morgan fingerprint density at radius 1 is 1.18 bits per heavy atom. The van der Waals surface area contributed by atoms with E-state index in [-0.39, 0.29) is 11.8 Å². The molecule has 1 amide bonds. The zero-order chi connectivity index (χ0) is 23.4. The molecule has 1 atom stereocenters. The van der Waals surface area contributed by atoms with Crippen molar-refractivity contribution in [3.63, 3.8) is 0 Å². The van der Waals surface area contributed by atoms with Gasteiger partial charge in [0.15, 0.2) is 5.69 Å². The minimum Gasteiger partial charge on any atom is -0.494 e. The molecule has 0 fully saturated rings. The molecule has 1 aliphatic heterocycles. The summed E-state index contributed by atoms with van der Waals surface area (Å²) in [7, 11) is 0. The topological polar surface area (TPSA) is 77.4 Å². The summed E-state index contributed by atoms with van der Waals surface area (Å²) in [6.07, 6.45) is 1.20. The van der Waals surface area contributed by atoms with Crippen LogP contribution in [0.1, 0.15) is 45.4 Å². The second-order valence-electron chi connectivity index (χ2n) is 7.47. The minimum atomic E-state index is -0.825. The van der Waals surface area contributed by atoms with E-state index < -0.39 is 12.0 Å². The number of amides is 1. The molecular formula is C24H25FN4O3S. The Hall–Kier alpha value is -3.20. The maximum atomic E-state index is 14.2. The van der Waals surface area contributed by atoms with Crippen LogP contribution in [0.5, 0.6) is 11.6 Å². The molecule has 0 N–H and O–H groups in total. The molecule has 2 aromatic carbocycles. The van der Waals surface area contributed by atoms with Gasteiger partial charge in [-0.1, -0.05) is 32.0 Å². The second-order valence-corrected chi connectivity index (χ2v) is 8.70. The number of thioether (sulfide) groups is 1. The summed E-state index contributed by atoms with van der Waals surface area (Å²) < 4.78 is 26.2. The number of hydrogen-bond donors (Lipinski definition) is 0.